The van der Waals surface area contributed by atoms with Crippen LogP contribution in [0, 0.1) is 0 Å². The number of fused-ring (bicyclic) bond motifs is 1. The minimum absolute atomic E-state index is 0.0860. The van der Waals surface area contributed by atoms with E-state index in [1.54, 1.807) is 4.90 Å². The molecule has 0 bridgehead atoms. The van der Waals surface area contributed by atoms with Crippen molar-refractivity contribution in [1.29, 1.82) is 0 Å². The zero-order chi connectivity index (χ0) is 8.72. The second-order valence-corrected chi connectivity index (χ2v) is 3.12. The van der Waals surface area contributed by atoms with Gasteiger partial charge in [0.15, 0.2) is 0 Å². The Morgan fingerprint density at radius 3 is 3.00 bits per heavy atom. The lowest BCUT2D eigenvalue weighted by atomic mass is 10.1. The lowest BCUT2D eigenvalue weighted by Crippen LogP contribution is -2.53. The molecule has 2 fully saturated rings. The molecule has 4 nitrogen and oxygen atoms in total. The molecule has 0 aromatic heterocycles. The van der Waals surface area contributed by atoms with Gasteiger partial charge in [0.1, 0.15) is 6.04 Å². The highest BCUT2D eigenvalue weighted by atomic mass is 16.2. The number of amides is 2. The highest BCUT2D eigenvalue weighted by Gasteiger charge is 2.39. The predicted molar refractivity (Wildman–Crippen MR) is 42.0 cm³/mol. The van der Waals surface area contributed by atoms with Crippen LogP contribution in [0.2, 0.25) is 0 Å². The van der Waals surface area contributed by atoms with Crippen LogP contribution in [0.5, 0.6) is 0 Å². The molecule has 2 aliphatic rings. The average molecular weight is 166 g/mol. The van der Waals surface area contributed by atoms with E-state index >= 15 is 0 Å². The first-order valence-electron chi connectivity index (χ1n) is 4.01. The van der Waals surface area contributed by atoms with Gasteiger partial charge < -0.3 is 10.2 Å². The summed E-state index contributed by atoms with van der Waals surface area (Å²) in [5.74, 6) is -0.214. The number of rotatable bonds is 0. The lowest BCUT2D eigenvalue weighted by molar-refractivity contribution is -0.140. The van der Waals surface area contributed by atoms with E-state index in [4.69, 9.17) is 0 Å². The molecule has 2 rings (SSSR count). The Morgan fingerprint density at radius 1 is 1.50 bits per heavy atom. The standard InChI is InChI=1S/C8H10N2O2/c1-5-8(12)10-4-2-3-6(10)7(11)9-5/h6H,1-4H2,(H,9,11). The maximum Gasteiger partial charge on any atom is 0.270 e. The fourth-order valence-corrected chi connectivity index (χ4v) is 1.74. The molecule has 0 aromatic rings. The smallest absolute Gasteiger partial charge is 0.270 e. The van der Waals surface area contributed by atoms with Crippen molar-refractivity contribution in [3.63, 3.8) is 0 Å². The van der Waals surface area contributed by atoms with Crippen molar-refractivity contribution in [2.45, 2.75) is 18.9 Å². The minimum atomic E-state index is -0.233. The van der Waals surface area contributed by atoms with Gasteiger partial charge in [-0.1, -0.05) is 6.58 Å². The molecule has 2 saturated heterocycles. The molecule has 1 N–H and O–H groups in total. The topological polar surface area (TPSA) is 49.4 Å². The van der Waals surface area contributed by atoms with Crippen molar-refractivity contribution in [3.05, 3.63) is 12.3 Å². The summed E-state index contributed by atoms with van der Waals surface area (Å²) in [6.45, 7) is 4.17. The van der Waals surface area contributed by atoms with Crippen molar-refractivity contribution in [1.82, 2.24) is 10.2 Å². The van der Waals surface area contributed by atoms with E-state index in [1.807, 2.05) is 0 Å². The van der Waals surface area contributed by atoms with E-state index in [0.29, 0.717) is 6.54 Å². The van der Waals surface area contributed by atoms with Crippen LogP contribution < -0.4 is 5.32 Å². The zero-order valence-electron chi connectivity index (χ0n) is 6.67. The van der Waals surface area contributed by atoms with Gasteiger partial charge in [0.2, 0.25) is 5.91 Å². The molecule has 0 spiro atoms. The molecule has 1 atom stereocenters. The molecule has 0 radical (unpaired) electrons. The summed E-state index contributed by atoms with van der Waals surface area (Å²) in [5, 5.41) is 2.48. The number of piperazine rings is 1. The monoisotopic (exact) mass is 166 g/mol. The molecule has 2 heterocycles. The Labute approximate surface area is 70.2 Å². The van der Waals surface area contributed by atoms with Gasteiger partial charge in [0, 0.05) is 6.54 Å². The molecule has 0 saturated carbocycles. The summed E-state index contributed by atoms with van der Waals surface area (Å²) < 4.78 is 0. The van der Waals surface area contributed by atoms with Crippen molar-refractivity contribution < 1.29 is 9.59 Å². The maximum atomic E-state index is 11.4. The van der Waals surface area contributed by atoms with Crippen molar-refractivity contribution >= 4 is 11.8 Å². The normalized spacial score (nSPS) is 28.8. The van der Waals surface area contributed by atoms with Crippen molar-refractivity contribution in [2.24, 2.45) is 0 Å². The van der Waals surface area contributed by atoms with E-state index in [-0.39, 0.29) is 23.6 Å². The largest absolute Gasteiger partial charge is 0.325 e. The van der Waals surface area contributed by atoms with Gasteiger partial charge in [-0.25, -0.2) is 0 Å². The van der Waals surface area contributed by atoms with E-state index in [1.165, 1.54) is 0 Å². The Hall–Kier alpha value is -1.32. The van der Waals surface area contributed by atoms with Gasteiger partial charge in [-0.05, 0) is 12.8 Å². The predicted octanol–water partition coefficient (Wildman–Crippen LogP) is -0.379. The second kappa shape index (κ2) is 2.33. The van der Waals surface area contributed by atoms with E-state index in [9.17, 15) is 9.59 Å². The van der Waals surface area contributed by atoms with Crippen LogP contribution in [0.4, 0.5) is 0 Å². The van der Waals surface area contributed by atoms with Crippen LogP contribution in [0.15, 0.2) is 12.3 Å². The number of carbonyl (C=O) groups is 2. The molecule has 2 amide bonds. The van der Waals surface area contributed by atoms with Gasteiger partial charge in [-0.3, -0.25) is 9.59 Å². The molecular formula is C8H10N2O2. The van der Waals surface area contributed by atoms with Crippen LogP contribution in [0.25, 0.3) is 0 Å². The van der Waals surface area contributed by atoms with Gasteiger partial charge in [0.05, 0.1) is 5.70 Å². The summed E-state index contributed by atoms with van der Waals surface area (Å²) in [7, 11) is 0. The zero-order valence-corrected chi connectivity index (χ0v) is 6.67. The second-order valence-electron chi connectivity index (χ2n) is 3.12. The third kappa shape index (κ3) is 0.841. The van der Waals surface area contributed by atoms with Gasteiger partial charge in [-0.15, -0.1) is 0 Å². The van der Waals surface area contributed by atoms with Crippen LogP contribution >= 0.6 is 0 Å². The highest BCUT2D eigenvalue weighted by Crippen LogP contribution is 2.22. The summed E-state index contributed by atoms with van der Waals surface area (Å²) in [6, 6.07) is -0.233. The van der Waals surface area contributed by atoms with Gasteiger partial charge in [0.25, 0.3) is 5.91 Å². The first-order chi connectivity index (χ1) is 5.70. The minimum Gasteiger partial charge on any atom is -0.325 e. The van der Waals surface area contributed by atoms with Crippen LogP contribution in [-0.4, -0.2) is 29.3 Å². The van der Waals surface area contributed by atoms with E-state index in [0.717, 1.165) is 12.8 Å². The van der Waals surface area contributed by atoms with Crippen molar-refractivity contribution in [3.8, 4) is 0 Å². The number of carbonyl (C=O) groups excluding carboxylic acids is 2. The molecule has 2 aliphatic heterocycles. The fraction of sp³-hybridized carbons (Fsp3) is 0.500. The summed E-state index contributed by atoms with van der Waals surface area (Å²) in [6.07, 6.45) is 1.70. The fourth-order valence-electron chi connectivity index (χ4n) is 1.74. The Bertz CT molecular complexity index is 272. The van der Waals surface area contributed by atoms with Crippen LogP contribution in [-0.2, 0) is 9.59 Å². The van der Waals surface area contributed by atoms with Gasteiger partial charge >= 0.3 is 0 Å². The summed E-state index contributed by atoms with van der Waals surface area (Å²) in [4.78, 5) is 24.2. The molecule has 64 valence electrons. The lowest BCUT2D eigenvalue weighted by Gasteiger charge is -2.29. The SMILES string of the molecule is C=C1NC(=O)C2CCCN2C1=O. The third-order valence-corrected chi connectivity index (χ3v) is 2.35. The molecule has 4 heteroatoms. The molecule has 12 heavy (non-hydrogen) atoms. The molecule has 1 unspecified atom stereocenters. The van der Waals surface area contributed by atoms with Crippen LogP contribution in [0.3, 0.4) is 0 Å². The van der Waals surface area contributed by atoms with E-state index < -0.39 is 0 Å². The Balaban J connectivity index is 2.29. The van der Waals surface area contributed by atoms with Crippen molar-refractivity contribution in [2.75, 3.05) is 6.54 Å². The third-order valence-electron chi connectivity index (χ3n) is 2.35. The number of hydrogen-bond acceptors (Lipinski definition) is 2. The summed E-state index contributed by atoms with van der Waals surface area (Å²) in [5.41, 5.74) is 0.207. The number of nitrogens with one attached hydrogen (secondary N) is 1. The average Bonchev–Trinajstić information content (AvgIpc) is 2.48. The molecule has 0 aliphatic carbocycles. The highest BCUT2D eigenvalue weighted by molar-refractivity contribution is 6.04. The first kappa shape index (κ1) is 7.34. The quantitative estimate of drug-likeness (QED) is 0.499. The molecular weight excluding hydrogens is 156 g/mol. The first-order valence-corrected chi connectivity index (χ1v) is 4.01. The van der Waals surface area contributed by atoms with Crippen LogP contribution in [0.1, 0.15) is 12.8 Å². The van der Waals surface area contributed by atoms with E-state index in [2.05, 4.69) is 11.9 Å². The Morgan fingerprint density at radius 2 is 2.25 bits per heavy atom. The number of nitrogens with zero attached hydrogens (tertiary/aromatic N) is 1. The molecule has 0 aromatic carbocycles. The summed E-state index contributed by atoms with van der Waals surface area (Å²) >= 11 is 0. The van der Waals surface area contributed by atoms with Gasteiger partial charge in [-0.2, -0.15) is 0 Å². The maximum absolute atomic E-state index is 11.4. The number of hydrogen-bond donors (Lipinski definition) is 1. The Kier molecular flexibility index (Phi) is 1.43.